The largest absolute Gasteiger partial charge is 0.496 e. The Bertz CT molecular complexity index is 875. The first-order valence-corrected chi connectivity index (χ1v) is 9.02. The first-order chi connectivity index (χ1) is 12.3. The number of hydrogen-bond acceptors (Lipinski definition) is 6. The SMILES string of the molecule is COc1ccccc1-c1noc([C@@H]2CCCN2C(=O)c2ccsc2)n1. The van der Waals surface area contributed by atoms with Gasteiger partial charge >= 0.3 is 0 Å². The maximum atomic E-state index is 12.7. The molecule has 3 heterocycles. The second kappa shape index (κ2) is 6.68. The molecule has 0 saturated carbocycles. The minimum atomic E-state index is -0.177. The van der Waals surface area contributed by atoms with Gasteiger partial charge in [0.15, 0.2) is 0 Å². The molecule has 25 heavy (non-hydrogen) atoms. The zero-order valence-electron chi connectivity index (χ0n) is 13.7. The van der Waals surface area contributed by atoms with Crippen LogP contribution in [0.5, 0.6) is 5.75 Å². The number of thiophene rings is 1. The van der Waals surface area contributed by atoms with Crippen molar-refractivity contribution in [2.24, 2.45) is 0 Å². The lowest BCUT2D eigenvalue weighted by Crippen LogP contribution is -2.30. The van der Waals surface area contributed by atoms with Crippen LogP contribution in [-0.4, -0.2) is 34.6 Å². The molecule has 2 aromatic heterocycles. The van der Waals surface area contributed by atoms with E-state index in [2.05, 4.69) is 10.1 Å². The molecular weight excluding hydrogens is 338 g/mol. The molecule has 6 nitrogen and oxygen atoms in total. The minimum Gasteiger partial charge on any atom is -0.496 e. The number of rotatable bonds is 4. The molecule has 4 rings (SSSR count). The molecule has 1 atom stereocenters. The minimum absolute atomic E-state index is 0.0146. The smallest absolute Gasteiger partial charge is 0.255 e. The van der Waals surface area contributed by atoms with Gasteiger partial charge in [0.1, 0.15) is 11.8 Å². The van der Waals surface area contributed by atoms with Gasteiger partial charge in [0.05, 0.1) is 18.2 Å². The predicted molar refractivity (Wildman–Crippen MR) is 93.6 cm³/mol. The van der Waals surface area contributed by atoms with Gasteiger partial charge in [0.2, 0.25) is 11.7 Å². The van der Waals surface area contributed by atoms with Gasteiger partial charge in [-0.25, -0.2) is 0 Å². The van der Waals surface area contributed by atoms with E-state index in [1.54, 1.807) is 7.11 Å². The molecule has 0 bridgehead atoms. The number of nitrogens with zero attached hydrogens (tertiary/aromatic N) is 3. The van der Waals surface area contributed by atoms with Crippen LogP contribution in [0.2, 0.25) is 0 Å². The molecule has 0 N–H and O–H groups in total. The van der Waals surface area contributed by atoms with Crippen LogP contribution in [0.1, 0.15) is 35.1 Å². The normalized spacial score (nSPS) is 17.0. The molecule has 1 aliphatic rings. The highest BCUT2D eigenvalue weighted by Crippen LogP contribution is 2.34. The van der Waals surface area contributed by atoms with E-state index >= 15 is 0 Å². The van der Waals surface area contributed by atoms with Crippen LogP contribution < -0.4 is 4.74 Å². The first kappa shape index (κ1) is 15.8. The number of amides is 1. The molecule has 0 unspecified atom stereocenters. The molecule has 128 valence electrons. The molecule has 1 fully saturated rings. The van der Waals surface area contributed by atoms with Crippen molar-refractivity contribution in [1.82, 2.24) is 15.0 Å². The van der Waals surface area contributed by atoms with E-state index in [0.29, 0.717) is 29.6 Å². The number of hydrogen-bond donors (Lipinski definition) is 0. The van der Waals surface area contributed by atoms with E-state index in [4.69, 9.17) is 9.26 Å². The molecule has 1 saturated heterocycles. The topological polar surface area (TPSA) is 68.5 Å². The maximum absolute atomic E-state index is 12.7. The van der Waals surface area contributed by atoms with Crippen LogP contribution >= 0.6 is 11.3 Å². The highest BCUT2D eigenvalue weighted by molar-refractivity contribution is 7.08. The summed E-state index contributed by atoms with van der Waals surface area (Å²) in [6.45, 7) is 0.700. The van der Waals surface area contributed by atoms with Gasteiger partial charge in [-0.15, -0.1) is 0 Å². The zero-order chi connectivity index (χ0) is 17.2. The highest BCUT2D eigenvalue weighted by atomic mass is 32.1. The lowest BCUT2D eigenvalue weighted by molar-refractivity contribution is 0.0710. The Morgan fingerprint density at radius 2 is 2.24 bits per heavy atom. The Hall–Kier alpha value is -2.67. The summed E-state index contributed by atoms with van der Waals surface area (Å²) < 4.78 is 10.9. The van der Waals surface area contributed by atoms with Gasteiger partial charge in [-0.2, -0.15) is 16.3 Å². The lowest BCUT2D eigenvalue weighted by Gasteiger charge is -2.21. The Morgan fingerprint density at radius 3 is 3.04 bits per heavy atom. The number of methoxy groups -OCH3 is 1. The van der Waals surface area contributed by atoms with Crippen molar-refractivity contribution in [3.05, 3.63) is 52.5 Å². The van der Waals surface area contributed by atoms with Crippen molar-refractivity contribution in [2.45, 2.75) is 18.9 Å². The number of ether oxygens (including phenoxy) is 1. The molecule has 0 spiro atoms. The van der Waals surface area contributed by atoms with Crippen LogP contribution in [0.4, 0.5) is 0 Å². The summed E-state index contributed by atoms with van der Waals surface area (Å²) in [5, 5.41) is 7.87. The average Bonchev–Trinajstić information content (AvgIpc) is 3.41. The average molecular weight is 355 g/mol. The van der Waals surface area contributed by atoms with Crippen molar-refractivity contribution in [1.29, 1.82) is 0 Å². The number of para-hydroxylation sites is 1. The number of carbonyl (C=O) groups excluding carboxylic acids is 1. The summed E-state index contributed by atoms with van der Waals surface area (Å²) in [5.41, 5.74) is 1.48. The van der Waals surface area contributed by atoms with Gasteiger partial charge < -0.3 is 14.2 Å². The van der Waals surface area contributed by atoms with Gasteiger partial charge in [0.25, 0.3) is 5.91 Å². The fourth-order valence-corrected chi connectivity index (χ4v) is 3.76. The van der Waals surface area contributed by atoms with Gasteiger partial charge in [0, 0.05) is 11.9 Å². The number of aromatic nitrogens is 2. The standard InChI is InChI=1S/C18H17N3O3S/c1-23-15-7-3-2-5-13(15)16-19-17(24-20-16)14-6-4-9-21(14)18(22)12-8-10-25-11-12/h2-3,5,7-8,10-11,14H,4,6,9H2,1H3/t14-/m0/s1. The fourth-order valence-electron chi connectivity index (χ4n) is 3.13. The van der Waals surface area contributed by atoms with E-state index < -0.39 is 0 Å². The lowest BCUT2D eigenvalue weighted by atomic mass is 10.2. The van der Waals surface area contributed by atoms with E-state index in [0.717, 1.165) is 18.4 Å². The van der Waals surface area contributed by atoms with Gasteiger partial charge in [-0.1, -0.05) is 17.3 Å². The molecular formula is C18H17N3O3S. The van der Waals surface area contributed by atoms with Crippen molar-refractivity contribution >= 4 is 17.2 Å². The molecule has 7 heteroatoms. The third-order valence-electron chi connectivity index (χ3n) is 4.36. The summed E-state index contributed by atoms with van der Waals surface area (Å²) in [5.74, 6) is 1.65. The highest BCUT2D eigenvalue weighted by Gasteiger charge is 2.34. The van der Waals surface area contributed by atoms with Crippen LogP contribution in [0.25, 0.3) is 11.4 Å². The molecule has 1 amide bonds. The second-order valence-electron chi connectivity index (χ2n) is 5.83. The summed E-state index contributed by atoms with van der Waals surface area (Å²) in [6, 6.07) is 9.20. The fraction of sp³-hybridized carbons (Fsp3) is 0.278. The molecule has 1 aliphatic heterocycles. The second-order valence-corrected chi connectivity index (χ2v) is 6.61. The quantitative estimate of drug-likeness (QED) is 0.712. The van der Waals surface area contributed by atoms with Gasteiger partial charge in [-0.3, -0.25) is 4.79 Å². The Kier molecular flexibility index (Phi) is 4.23. The van der Waals surface area contributed by atoms with Crippen LogP contribution in [0.15, 0.2) is 45.6 Å². The van der Waals surface area contributed by atoms with Crippen LogP contribution in [0, 0.1) is 0 Å². The van der Waals surface area contributed by atoms with Crippen molar-refractivity contribution in [2.75, 3.05) is 13.7 Å². The first-order valence-electron chi connectivity index (χ1n) is 8.08. The summed E-state index contributed by atoms with van der Waals surface area (Å²) >= 11 is 1.52. The van der Waals surface area contributed by atoms with E-state index in [1.807, 2.05) is 46.0 Å². The maximum Gasteiger partial charge on any atom is 0.255 e. The Balaban J connectivity index is 1.62. The van der Waals surface area contributed by atoms with Crippen molar-refractivity contribution in [3.63, 3.8) is 0 Å². The van der Waals surface area contributed by atoms with Crippen LogP contribution in [-0.2, 0) is 0 Å². The molecule has 3 aromatic rings. The summed E-state index contributed by atoms with van der Waals surface area (Å²) in [4.78, 5) is 19.0. The van der Waals surface area contributed by atoms with E-state index in [1.165, 1.54) is 11.3 Å². The summed E-state index contributed by atoms with van der Waals surface area (Å²) in [7, 11) is 1.61. The predicted octanol–water partition coefficient (Wildman–Crippen LogP) is 3.78. The number of carbonyl (C=O) groups is 1. The molecule has 0 aliphatic carbocycles. The monoisotopic (exact) mass is 355 g/mol. The third-order valence-corrected chi connectivity index (χ3v) is 5.04. The number of likely N-dealkylation sites (tertiary alicyclic amines) is 1. The van der Waals surface area contributed by atoms with E-state index in [9.17, 15) is 4.79 Å². The Morgan fingerprint density at radius 1 is 1.36 bits per heavy atom. The van der Waals surface area contributed by atoms with Crippen molar-refractivity contribution < 1.29 is 14.1 Å². The van der Waals surface area contributed by atoms with Crippen molar-refractivity contribution in [3.8, 4) is 17.1 Å². The van der Waals surface area contributed by atoms with Gasteiger partial charge in [-0.05, 0) is 36.4 Å². The molecule has 1 aromatic carbocycles. The van der Waals surface area contributed by atoms with Crippen LogP contribution in [0.3, 0.4) is 0 Å². The zero-order valence-corrected chi connectivity index (χ0v) is 14.5. The Labute approximate surface area is 149 Å². The number of benzene rings is 1. The third kappa shape index (κ3) is 2.91. The molecule has 0 radical (unpaired) electrons. The van der Waals surface area contributed by atoms with E-state index in [-0.39, 0.29) is 11.9 Å². The summed E-state index contributed by atoms with van der Waals surface area (Å²) in [6.07, 6.45) is 1.75.